The summed E-state index contributed by atoms with van der Waals surface area (Å²) >= 11 is 0. The standard InChI is InChI=1S/C17H11F3N4O/c18-17(19,20)13-3-1-2-11(6-13)12-7-16-15(21-8-12)9-22-24(16)10-14-4-5-25-23-14/h1-9H,10H2. The summed E-state index contributed by atoms with van der Waals surface area (Å²) in [6.07, 6.45) is 0.223. The average Bonchev–Trinajstić information content (AvgIpc) is 3.24. The van der Waals surface area contributed by atoms with E-state index < -0.39 is 11.7 Å². The first-order valence-electron chi connectivity index (χ1n) is 7.39. The van der Waals surface area contributed by atoms with Crippen LogP contribution in [0.15, 0.2) is 59.6 Å². The van der Waals surface area contributed by atoms with Gasteiger partial charge in [0.15, 0.2) is 0 Å². The summed E-state index contributed by atoms with van der Waals surface area (Å²) < 4.78 is 45.2. The van der Waals surface area contributed by atoms with Gasteiger partial charge in [-0.2, -0.15) is 18.3 Å². The van der Waals surface area contributed by atoms with E-state index in [-0.39, 0.29) is 0 Å². The smallest absolute Gasteiger partial charge is 0.364 e. The first-order valence-corrected chi connectivity index (χ1v) is 7.39. The monoisotopic (exact) mass is 344 g/mol. The molecule has 0 radical (unpaired) electrons. The predicted octanol–water partition coefficient (Wildman–Crippen LogP) is 4.15. The molecule has 0 fully saturated rings. The molecule has 25 heavy (non-hydrogen) atoms. The summed E-state index contributed by atoms with van der Waals surface area (Å²) in [4.78, 5) is 4.29. The van der Waals surface area contributed by atoms with Crippen LogP contribution in [0.2, 0.25) is 0 Å². The Balaban J connectivity index is 1.76. The minimum atomic E-state index is -4.39. The number of pyridine rings is 1. The average molecular weight is 344 g/mol. The Labute approximate surface area is 139 Å². The van der Waals surface area contributed by atoms with Gasteiger partial charge in [-0.25, -0.2) is 0 Å². The number of hydrogen-bond acceptors (Lipinski definition) is 4. The fourth-order valence-electron chi connectivity index (χ4n) is 2.59. The summed E-state index contributed by atoms with van der Waals surface area (Å²) in [6, 6.07) is 8.65. The van der Waals surface area contributed by atoms with Crippen LogP contribution >= 0.6 is 0 Å². The van der Waals surface area contributed by atoms with Gasteiger partial charge < -0.3 is 4.52 Å². The number of fused-ring (bicyclic) bond motifs is 1. The Hall–Kier alpha value is -3.16. The molecular weight excluding hydrogens is 333 g/mol. The van der Waals surface area contributed by atoms with Crippen molar-refractivity contribution in [3.63, 3.8) is 0 Å². The molecule has 0 aliphatic carbocycles. The third kappa shape index (κ3) is 2.98. The zero-order valence-corrected chi connectivity index (χ0v) is 12.7. The molecule has 8 heteroatoms. The third-order valence-electron chi connectivity index (χ3n) is 3.82. The lowest BCUT2D eigenvalue weighted by molar-refractivity contribution is -0.137. The summed E-state index contributed by atoms with van der Waals surface area (Å²) in [6.45, 7) is 0.383. The normalized spacial score (nSPS) is 12.0. The van der Waals surface area contributed by atoms with Crippen LogP contribution in [-0.4, -0.2) is 19.9 Å². The van der Waals surface area contributed by atoms with E-state index in [1.54, 1.807) is 35.3 Å². The van der Waals surface area contributed by atoms with Crippen LogP contribution in [-0.2, 0) is 12.7 Å². The maximum absolute atomic E-state index is 12.9. The molecule has 0 bridgehead atoms. The van der Waals surface area contributed by atoms with E-state index in [1.165, 1.54) is 12.3 Å². The molecule has 5 nitrogen and oxygen atoms in total. The molecule has 0 N–H and O–H groups in total. The highest BCUT2D eigenvalue weighted by Gasteiger charge is 2.30. The van der Waals surface area contributed by atoms with Crippen LogP contribution < -0.4 is 0 Å². The number of benzene rings is 1. The molecule has 3 aromatic heterocycles. The van der Waals surface area contributed by atoms with Crippen LogP contribution in [0.3, 0.4) is 0 Å². The number of hydrogen-bond donors (Lipinski definition) is 0. The second-order valence-corrected chi connectivity index (χ2v) is 5.50. The topological polar surface area (TPSA) is 56.7 Å². The van der Waals surface area contributed by atoms with Gasteiger partial charge in [-0.15, -0.1) is 0 Å². The molecule has 1 aromatic carbocycles. The van der Waals surface area contributed by atoms with Crippen molar-refractivity contribution in [2.75, 3.05) is 0 Å². The summed E-state index contributed by atoms with van der Waals surface area (Å²) in [5.41, 5.74) is 2.38. The summed E-state index contributed by atoms with van der Waals surface area (Å²) in [5.74, 6) is 0. The van der Waals surface area contributed by atoms with Gasteiger partial charge in [0.1, 0.15) is 17.5 Å². The SMILES string of the molecule is FC(F)(F)c1cccc(-c2cnc3cnn(Cc4ccon4)c3c2)c1. The van der Waals surface area contributed by atoms with E-state index in [1.807, 2.05) is 0 Å². The Bertz CT molecular complexity index is 1020. The van der Waals surface area contributed by atoms with Gasteiger partial charge in [-0.3, -0.25) is 9.67 Å². The Morgan fingerprint density at radius 3 is 2.68 bits per heavy atom. The second-order valence-electron chi connectivity index (χ2n) is 5.50. The van der Waals surface area contributed by atoms with E-state index >= 15 is 0 Å². The van der Waals surface area contributed by atoms with Crippen LogP contribution in [0.4, 0.5) is 13.2 Å². The van der Waals surface area contributed by atoms with Gasteiger partial charge >= 0.3 is 6.18 Å². The fourth-order valence-corrected chi connectivity index (χ4v) is 2.59. The lowest BCUT2D eigenvalue weighted by Gasteiger charge is -2.09. The highest BCUT2D eigenvalue weighted by molar-refractivity contribution is 5.80. The van der Waals surface area contributed by atoms with E-state index in [4.69, 9.17) is 4.52 Å². The fraction of sp³-hybridized carbons (Fsp3) is 0.118. The van der Waals surface area contributed by atoms with Crippen molar-refractivity contribution in [1.82, 2.24) is 19.9 Å². The number of rotatable bonds is 3. The maximum atomic E-state index is 12.9. The molecule has 0 spiro atoms. The lowest BCUT2D eigenvalue weighted by Crippen LogP contribution is -2.04. The molecule has 0 saturated carbocycles. The van der Waals surface area contributed by atoms with Crippen LogP contribution in [0.1, 0.15) is 11.3 Å². The van der Waals surface area contributed by atoms with Crippen molar-refractivity contribution in [1.29, 1.82) is 0 Å². The molecule has 0 aliphatic heterocycles. The van der Waals surface area contributed by atoms with Gasteiger partial charge in [-0.1, -0.05) is 17.3 Å². The molecule has 0 amide bonds. The summed E-state index contributed by atoms with van der Waals surface area (Å²) in [5, 5.41) is 8.09. The zero-order valence-electron chi connectivity index (χ0n) is 12.7. The van der Waals surface area contributed by atoms with Gasteiger partial charge in [0.25, 0.3) is 0 Å². The highest BCUT2D eigenvalue weighted by Crippen LogP contribution is 2.32. The van der Waals surface area contributed by atoms with Gasteiger partial charge in [-0.05, 0) is 23.8 Å². The largest absolute Gasteiger partial charge is 0.416 e. The van der Waals surface area contributed by atoms with Crippen LogP contribution in [0.5, 0.6) is 0 Å². The molecular formula is C17H11F3N4O. The lowest BCUT2D eigenvalue weighted by atomic mass is 10.0. The maximum Gasteiger partial charge on any atom is 0.416 e. The molecule has 0 unspecified atom stereocenters. The van der Waals surface area contributed by atoms with Crippen molar-refractivity contribution in [3.8, 4) is 11.1 Å². The number of alkyl halides is 3. The van der Waals surface area contributed by atoms with Crippen molar-refractivity contribution in [2.24, 2.45) is 0 Å². The second kappa shape index (κ2) is 5.73. The molecule has 0 aliphatic rings. The Morgan fingerprint density at radius 1 is 1.04 bits per heavy atom. The van der Waals surface area contributed by atoms with Crippen molar-refractivity contribution in [2.45, 2.75) is 12.7 Å². The van der Waals surface area contributed by atoms with Gasteiger partial charge in [0.2, 0.25) is 0 Å². The van der Waals surface area contributed by atoms with Gasteiger partial charge in [0.05, 0.1) is 23.8 Å². The van der Waals surface area contributed by atoms with E-state index in [2.05, 4.69) is 15.2 Å². The number of nitrogens with zero attached hydrogens (tertiary/aromatic N) is 4. The predicted molar refractivity (Wildman–Crippen MR) is 83.6 cm³/mol. The zero-order chi connectivity index (χ0) is 17.4. The van der Waals surface area contributed by atoms with E-state index in [0.29, 0.717) is 34.4 Å². The molecule has 126 valence electrons. The number of aromatic nitrogens is 4. The number of halogens is 3. The quantitative estimate of drug-likeness (QED) is 0.560. The van der Waals surface area contributed by atoms with Gasteiger partial charge in [0, 0.05) is 17.8 Å². The first-order chi connectivity index (χ1) is 12.0. The highest BCUT2D eigenvalue weighted by atomic mass is 19.4. The first kappa shape index (κ1) is 15.4. The third-order valence-corrected chi connectivity index (χ3v) is 3.82. The molecule has 4 aromatic rings. The molecule has 0 atom stereocenters. The van der Waals surface area contributed by atoms with E-state index in [0.717, 1.165) is 12.1 Å². The van der Waals surface area contributed by atoms with Crippen molar-refractivity contribution in [3.05, 3.63) is 66.3 Å². The summed E-state index contributed by atoms with van der Waals surface area (Å²) in [7, 11) is 0. The van der Waals surface area contributed by atoms with Crippen molar-refractivity contribution >= 4 is 11.0 Å². The minimum Gasteiger partial charge on any atom is -0.364 e. The molecule has 0 saturated heterocycles. The van der Waals surface area contributed by atoms with Crippen LogP contribution in [0.25, 0.3) is 22.2 Å². The van der Waals surface area contributed by atoms with E-state index in [9.17, 15) is 13.2 Å². The molecule has 3 heterocycles. The Kier molecular flexibility index (Phi) is 3.52. The Morgan fingerprint density at radius 2 is 1.92 bits per heavy atom. The minimum absolute atomic E-state index is 0.383. The van der Waals surface area contributed by atoms with Crippen molar-refractivity contribution < 1.29 is 17.7 Å². The molecule has 4 rings (SSSR count). The van der Waals surface area contributed by atoms with Crippen LogP contribution in [0, 0.1) is 0 Å².